The van der Waals surface area contributed by atoms with E-state index in [1.807, 2.05) is 30.6 Å². The summed E-state index contributed by atoms with van der Waals surface area (Å²) < 4.78 is 1.13. The average molecular weight is 340 g/mol. The standard InChI is InChI=1S/C18H20N4OS/c1-12-2-3-17(19-11-12)22-7-4-13(5-8-22)20-18(23)15-10-16-14(21-15)6-9-24-16/h2-3,6,9-11,13,21H,4-5,7-8H2,1H3,(H,20,23). The molecule has 124 valence electrons. The summed E-state index contributed by atoms with van der Waals surface area (Å²) in [5.74, 6) is 1.01. The Bertz CT molecular complexity index is 815. The van der Waals surface area contributed by atoms with Crippen LogP contribution >= 0.6 is 11.3 Å². The van der Waals surface area contributed by atoms with E-state index in [0.29, 0.717) is 5.69 Å². The van der Waals surface area contributed by atoms with Crippen molar-refractivity contribution in [2.24, 2.45) is 0 Å². The van der Waals surface area contributed by atoms with Gasteiger partial charge in [-0.15, -0.1) is 11.3 Å². The first kappa shape index (κ1) is 15.2. The number of fused-ring (bicyclic) bond motifs is 1. The van der Waals surface area contributed by atoms with Crippen molar-refractivity contribution in [3.05, 3.63) is 47.1 Å². The number of thiophene rings is 1. The van der Waals surface area contributed by atoms with Gasteiger partial charge in [-0.2, -0.15) is 0 Å². The van der Waals surface area contributed by atoms with Crippen molar-refractivity contribution in [3.63, 3.8) is 0 Å². The predicted molar refractivity (Wildman–Crippen MR) is 97.9 cm³/mol. The van der Waals surface area contributed by atoms with Crippen LogP contribution in [0, 0.1) is 6.92 Å². The van der Waals surface area contributed by atoms with Gasteiger partial charge in [0.25, 0.3) is 5.91 Å². The molecule has 1 saturated heterocycles. The SMILES string of the molecule is Cc1ccc(N2CCC(NC(=O)c3cc4sccc4[nH]3)CC2)nc1. The fraction of sp³-hybridized carbons (Fsp3) is 0.333. The molecule has 0 radical (unpaired) electrons. The summed E-state index contributed by atoms with van der Waals surface area (Å²) in [5, 5.41) is 5.18. The van der Waals surface area contributed by atoms with E-state index >= 15 is 0 Å². The molecule has 3 aromatic heterocycles. The third-order valence-corrected chi connectivity index (χ3v) is 5.40. The minimum Gasteiger partial charge on any atom is -0.356 e. The Kier molecular flexibility index (Phi) is 3.98. The number of aromatic nitrogens is 2. The number of carbonyl (C=O) groups excluding carboxylic acids is 1. The Labute approximate surface area is 144 Å². The number of anilines is 1. The zero-order valence-electron chi connectivity index (χ0n) is 13.6. The maximum atomic E-state index is 12.4. The fourth-order valence-electron chi connectivity index (χ4n) is 3.13. The largest absolute Gasteiger partial charge is 0.356 e. The van der Waals surface area contributed by atoms with Crippen LogP contribution in [0.3, 0.4) is 0 Å². The van der Waals surface area contributed by atoms with E-state index in [1.165, 1.54) is 5.56 Å². The van der Waals surface area contributed by atoms with Crippen LogP contribution in [0.1, 0.15) is 28.9 Å². The van der Waals surface area contributed by atoms with Crippen LogP contribution in [0.4, 0.5) is 5.82 Å². The molecular formula is C18H20N4OS. The van der Waals surface area contributed by atoms with Crippen molar-refractivity contribution in [2.75, 3.05) is 18.0 Å². The molecule has 1 aliphatic heterocycles. The topological polar surface area (TPSA) is 61.0 Å². The highest BCUT2D eigenvalue weighted by Gasteiger charge is 2.22. The molecule has 0 unspecified atom stereocenters. The summed E-state index contributed by atoms with van der Waals surface area (Å²) in [5.41, 5.74) is 2.86. The molecule has 5 nitrogen and oxygen atoms in total. The number of rotatable bonds is 3. The number of amides is 1. The van der Waals surface area contributed by atoms with E-state index in [4.69, 9.17) is 0 Å². The Hall–Kier alpha value is -2.34. The first-order chi connectivity index (χ1) is 11.7. The van der Waals surface area contributed by atoms with Crippen LogP contribution in [0.2, 0.25) is 0 Å². The molecule has 1 fully saturated rings. The Morgan fingerprint density at radius 2 is 2.17 bits per heavy atom. The lowest BCUT2D eigenvalue weighted by atomic mass is 10.0. The van der Waals surface area contributed by atoms with Gasteiger partial charge in [0.2, 0.25) is 0 Å². The molecule has 4 rings (SSSR count). The molecule has 0 atom stereocenters. The number of nitrogens with one attached hydrogen (secondary N) is 2. The van der Waals surface area contributed by atoms with Crippen LogP contribution in [-0.2, 0) is 0 Å². The van der Waals surface area contributed by atoms with Gasteiger partial charge in [0.1, 0.15) is 11.5 Å². The first-order valence-corrected chi connectivity index (χ1v) is 9.12. The van der Waals surface area contributed by atoms with Gasteiger partial charge in [-0.05, 0) is 48.9 Å². The Morgan fingerprint density at radius 1 is 1.33 bits per heavy atom. The number of carbonyl (C=O) groups is 1. The molecule has 2 N–H and O–H groups in total. The molecule has 0 aromatic carbocycles. The summed E-state index contributed by atoms with van der Waals surface area (Å²) >= 11 is 1.65. The molecule has 1 amide bonds. The lowest BCUT2D eigenvalue weighted by Gasteiger charge is -2.33. The average Bonchev–Trinajstić information content (AvgIpc) is 3.18. The highest BCUT2D eigenvalue weighted by atomic mass is 32.1. The fourth-order valence-corrected chi connectivity index (χ4v) is 3.92. The molecule has 3 aromatic rings. The Balaban J connectivity index is 1.35. The normalized spacial score (nSPS) is 15.8. The van der Waals surface area contributed by atoms with E-state index in [-0.39, 0.29) is 11.9 Å². The molecule has 6 heteroatoms. The second-order valence-corrected chi connectivity index (χ2v) is 7.26. The molecule has 0 aliphatic carbocycles. The summed E-state index contributed by atoms with van der Waals surface area (Å²) in [6.45, 7) is 3.88. The van der Waals surface area contributed by atoms with E-state index in [9.17, 15) is 4.79 Å². The lowest BCUT2D eigenvalue weighted by Crippen LogP contribution is -2.45. The van der Waals surface area contributed by atoms with Crippen molar-refractivity contribution in [3.8, 4) is 0 Å². The minimum absolute atomic E-state index is 0.00897. The summed E-state index contributed by atoms with van der Waals surface area (Å²) in [7, 11) is 0. The van der Waals surface area contributed by atoms with E-state index in [0.717, 1.165) is 42.0 Å². The molecule has 0 spiro atoms. The van der Waals surface area contributed by atoms with Gasteiger partial charge < -0.3 is 15.2 Å². The van der Waals surface area contributed by atoms with Crippen molar-refractivity contribution in [1.29, 1.82) is 0 Å². The van der Waals surface area contributed by atoms with Crippen LogP contribution in [0.25, 0.3) is 10.2 Å². The van der Waals surface area contributed by atoms with Gasteiger partial charge in [-0.25, -0.2) is 4.98 Å². The van der Waals surface area contributed by atoms with Crippen LogP contribution in [0.15, 0.2) is 35.8 Å². The third-order valence-electron chi connectivity index (χ3n) is 4.53. The molecule has 24 heavy (non-hydrogen) atoms. The number of hydrogen-bond donors (Lipinski definition) is 2. The second-order valence-electron chi connectivity index (χ2n) is 6.31. The van der Waals surface area contributed by atoms with E-state index < -0.39 is 0 Å². The number of pyridine rings is 1. The highest BCUT2D eigenvalue weighted by Crippen LogP contribution is 2.22. The van der Waals surface area contributed by atoms with Crippen LogP contribution < -0.4 is 10.2 Å². The summed E-state index contributed by atoms with van der Waals surface area (Å²) in [6.07, 6.45) is 3.78. The molecule has 1 aliphatic rings. The summed E-state index contributed by atoms with van der Waals surface area (Å²) in [4.78, 5) is 22.4. The second kappa shape index (κ2) is 6.28. The molecule has 4 heterocycles. The number of H-pyrrole nitrogens is 1. The Morgan fingerprint density at radius 3 is 2.88 bits per heavy atom. The number of nitrogens with zero attached hydrogens (tertiary/aromatic N) is 2. The van der Waals surface area contributed by atoms with Crippen LogP contribution in [0.5, 0.6) is 0 Å². The summed E-state index contributed by atoms with van der Waals surface area (Å²) in [6, 6.07) is 8.32. The zero-order valence-corrected chi connectivity index (χ0v) is 14.4. The third kappa shape index (κ3) is 3.01. The highest BCUT2D eigenvalue weighted by molar-refractivity contribution is 7.17. The van der Waals surface area contributed by atoms with Gasteiger partial charge >= 0.3 is 0 Å². The number of piperidine rings is 1. The van der Waals surface area contributed by atoms with Crippen molar-refractivity contribution in [2.45, 2.75) is 25.8 Å². The van der Waals surface area contributed by atoms with Gasteiger partial charge in [-0.1, -0.05) is 6.07 Å². The van der Waals surface area contributed by atoms with Gasteiger partial charge in [0.15, 0.2) is 0 Å². The quantitative estimate of drug-likeness (QED) is 0.769. The van der Waals surface area contributed by atoms with Gasteiger partial charge in [0.05, 0.1) is 10.2 Å². The number of hydrogen-bond acceptors (Lipinski definition) is 4. The van der Waals surface area contributed by atoms with Gasteiger partial charge in [-0.3, -0.25) is 4.79 Å². The monoisotopic (exact) mass is 340 g/mol. The smallest absolute Gasteiger partial charge is 0.267 e. The molecule has 0 bridgehead atoms. The van der Waals surface area contributed by atoms with E-state index in [2.05, 4.69) is 32.3 Å². The first-order valence-electron chi connectivity index (χ1n) is 8.24. The maximum absolute atomic E-state index is 12.4. The predicted octanol–water partition coefficient (Wildman–Crippen LogP) is 3.33. The number of aromatic amines is 1. The zero-order chi connectivity index (χ0) is 16.5. The van der Waals surface area contributed by atoms with Crippen LogP contribution in [-0.4, -0.2) is 35.0 Å². The number of aryl methyl sites for hydroxylation is 1. The minimum atomic E-state index is -0.00897. The van der Waals surface area contributed by atoms with Crippen molar-refractivity contribution in [1.82, 2.24) is 15.3 Å². The maximum Gasteiger partial charge on any atom is 0.267 e. The van der Waals surface area contributed by atoms with Crippen molar-refractivity contribution < 1.29 is 4.79 Å². The van der Waals surface area contributed by atoms with Gasteiger partial charge in [0, 0.05) is 25.3 Å². The van der Waals surface area contributed by atoms with Crippen molar-refractivity contribution >= 4 is 33.3 Å². The molecular weight excluding hydrogens is 320 g/mol. The lowest BCUT2D eigenvalue weighted by molar-refractivity contribution is 0.0927. The van der Waals surface area contributed by atoms with E-state index in [1.54, 1.807) is 11.3 Å². The molecule has 0 saturated carbocycles.